The van der Waals surface area contributed by atoms with E-state index in [2.05, 4.69) is 69.2 Å². The van der Waals surface area contributed by atoms with Crippen LogP contribution in [0.1, 0.15) is 90.0 Å². The second-order valence-corrected chi connectivity index (χ2v) is 8.75. The minimum atomic E-state index is -0.0278. The summed E-state index contributed by atoms with van der Waals surface area (Å²) < 4.78 is 0. The van der Waals surface area contributed by atoms with E-state index in [1.165, 1.54) is 65.4 Å². The molecular formula is C26H43NTi. The van der Waals surface area contributed by atoms with Crippen LogP contribution in [0.4, 0.5) is 0 Å². The maximum atomic E-state index is 8.28. The van der Waals surface area contributed by atoms with Crippen LogP contribution in [0.15, 0.2) is 0 Å². The predicted octanol–water partition coefficient (Wildman–Crippen LogP) is 8.06. The Bertz CT molecular complexity index is 293. The zero-order valence-corrected chi connectivity index (χ0v) is 22.6. The fraction of sp³-hybridized carbons (Fsp3) is 0.538. The van der Waals surface area contributed by atoms with E-state index in [1.807, 2.05) is 20.8 Å². The smallest absolute Gasteiger partial charge is 0.814 e. The van der Waals surface area contributed by atoms with E-state index in [4.69, 9.17) is 5.41 Å². The van der Waals surface area contributed by atoms with Gasteiger partial charge in [-0.25, -0.2) is 6.21 Å². The Labute approximate surface area is 195 Å². The van der Waals surface area contributed by atoms with Crippen molar-refractivity contribution in [2.75, 3.05) is 0 Å². The third-order valence-electron chi connectivity index (χ3n) is 6.01. The summed E-state index contributed by atoms with van der Waals surface area (Å²) in [6.07, 6.45) is 1.19. The first-order valence-electron chi connectivity index (χ1n) is 9.55. The van der Waals surface area contributed by atoms with Crippen LogP contribution in [-0.4, -0.2) is 6.21 Å². The van der Waals surface area contributed by atoms with Crippen molar-refractivity contribution in [2.45, 2.75) is 90.0 Å². The van der Waals surface area contributed by atoms with Gasteiger partial charge in [-0.15, -0.1) is 0 Å². The molecule has 10 radical (unpaired) electrons. The van der Waals surface area contributed by atoms with Gasteiger partial charge in [0, 0.05) is 0 Å². The van der Waals surface area contributed by atoms with E-state index in [0.29, 0.717) is 0 Å². The molecule has 2 fully saturated rings. The molecule has 0 heterocycles. The van der Waals surface area contributed by atoms with Crippen molar-refractivity contribution in [3.05, 3.63) is 72.0 Å². The Balaban J connectivity index is -0.000000335. The molecule has 2 heteroatoms. The van der Waals surface area contributed by atoms with Crippen LogP contribution in [0.25, 0.3) is 5.41 Å². The van der Waals surface area contributed by atoms with Crippen LogP contribution < -0.4 is 0 Å². The molecule has 1 nitrogen and oxygen atoms in total. The standard InChI is InChI=1S/2C10H15.C5H10N.CH3.Ti/c2*1-6-7(2)9(4)10(5)8(6)3;1-5(2,3)4-6;;/h2*1-5H3;4H,1-3H3;1H3;/q;;2*-1;+2. The molecule has 0 aromatic heterocycles. The molecule has 156 valence electrons. The van der Waals surface area contributed by atoms with Crippen molar-refractivity contribution < 1.29 is 21.7 Å². The fourth-order valence-electron chi connectivity index (χ4n) is 2.81. The molecule has 0 bridgehead atoms. The molecule has 0 spiro atoms. The Hall–Kier alpha value is 0.384. The largest absolute Gasteiger partial charge is 2.00 e. The van der Waals surface area contributed by atoms with Crippen molar-refractivity contribution >= 4 is 6.21 Å². The third kappa shape index (κ3) is 9.03. The second-order valence-electron chi connectivity index (χ2n) is 8.75. The maximum Gasteiger partial charge on any atom is 2.00 e. The molecule has 2 rings (SSSR count). The Kier molecular flexibility index (Phi) is 16.1. The molecule has 0 unspecified atom stereocenters. The van der Waals surface area contributed by atoms with Gasteiger partial charge in [-0.3, -0.25) is 0 Å². The summed E-state index contributed by atoms with van der Waals surface area (Å²) in [6, 6.07) is 0. The average molecular weight is 418 g/mol. The van der Waals surface area contributed by atoms with Gasteiger partial charge in [-0.05, 0) is 64.6 Å². The first-order chi connectivity index (χ1) is 11.7. The molecule has 2 saturated carbocycles. The first-order valence-corrected chi connectivity index (χ1v) is 9.55. The fourth-order valence-corrected chi connectivity index (χ4v) is 2.81. The molecule has 2 aliphatic carbocycles. The molecule has 0 aromatic carbocycles. The summed E-state index contributed by atoms with van der Waals surface area (Å²) >= 11 is 0. The van der Waals surface area contributed by atoms with Crippen LogP contribution in [0.5, 0.6) is 0 Å². The van der Waals surface area contributed by atoms with Gasteiger partial charge in [-0.1, -0.05) is 90.0 Å². The topological polar surface area (TPSA) is 22.3 Å². The van der Waals surface area contributed by atoms with Crippen LogP contribution >= 0.6 is 0 Å². The van der Waals surface area contributed by atoms with Crippen molar-refractivity contribution in [2.24, 2.45) is 5.41 Å². The molecule has 28 heavy (non-hydrogen) atoms. The minimum absolute atomic E-state index is 0. The molecule has 0 N–H and O–H groups in total. The monoisotopic (exact) mass is 417 g/mol. The van der Waals surface area contributed by atoms with E-state index in [9.17, 15) is 0 Å². The summed E-state index contributed by atoms with van der Waals surface area (Å²) in [5.41, 5.74) is -0.0278. The van der Waals surface area contributed by atoms with Crippen LogP contribution in [0, 0.1) is 72.0 Å². The predicted molar refractivity (Wildman–Crippen MR) is 124 cm³/mol. The third-order valence-corrected chi connectivity index (χ3v) is 6.01. The van der Waals surface area contributed by atoms with Gasteiger partial charge in [0.25, 0.3) is 0 Å². The van der Waals surface area contributed by atoms with Gasteiger partial charge in [0.15, 0.2) is 0 Å². The van der Waals surface area contributed by atoms with E-state index in [1.54, 1.807) is 0 Å². The summed E-state index contributed by atoms with van der Waals surface area (Å²) in [4.78, 5) is 0. The normalized spacial score (nSPS) is 22.8. The van der Waals surface area contributed by atoms with Gasteiger partial charge in [-0.2, -0.15) is 0 Å². The van der Waals surface area contributed by atoms with Gasteiger partial charge < -0.3 is 12.8 Å². The van der Waals surface area contributed by atoms with Crippen molar-refractivity contribution in [1.82, 2.24) is 0 Å². The van der Waals surface area contributed by atoms with E-state index in [-0.39, 0.29) is 34.6 Å². The van der Waals surface area contributed by atoms with Crippen LogP contribution in [0.3, 0.4) is 0 Å². The van der Waals surface area contributed by atoms with Crippen molar-refractivity contribution in [3.8, 4) is 0 Å². The summed E-state index contributed by atoms with van der Waals surface area (Å²) in [6.45, 7) is 27.8. The summed E-state index contributed by atoms with van der Waals surface area (Å²) in [7, 11) is 0. The summed E-state index contributed by atoms with van der Waals surface area (Å²) in [5, 5.41) is 8.28. The molecule has 0 saturated heterocycles. The quantitative estimate of drug-likeness (QED) is 0.216. The average Bonchev–Trinajstić information content (AvgIpc) is 2.86. The first kappa shape index (κ1) is 33.0. The second kappa shape index (κ2) is 13.6. The summed E-state index contributed by atoms with van der Waals surface area (Å²) in [5.74, 6) is 14.7. The minimum Gasteiger partial charge on any atom is -0.814 e. The van der Waals surface area contributed by atoms with Gasteiger partial charge >= 0.3 is 21.7 Å². The van der Waals surface area contributed by atoms with E-state index < -0.39 is 0 Å². The van der Waals surface area contributed by atoms with Gasteiger partial charge in [0.2, 0.25) is 0 Å². The Morgan fingerprint density at radius 1 is 0.464 bits per heavy atom. The number of nitrogens with zero attached hydrogens (tertiary/aromatic N) is 1. The number of hydrogen-bond acceptors (Lipinski definition) is 0. The molecule has 2 aliphatic rings. The Morgan fingerprint density at radius 3 is 0.571 bits per heavy atom. The Morgan fingerprint density at radius 2 is 0.536 bits per heavy atom. The van der Waals surface area contributed by atoms with Gasteiger partial charge in [0.05, 0.1) is 0 Å². The molecule has 0 atom stereocenters. The molecule has 0 amide bonds. The maximum absolute atomic E-state index is 8.28. The molecular weight excluding hydrogens is 374 g/mol. The van der Waals surface area contributed by atoms with Crippen LogP contribution in [0.2, 0.25) is 0 Å². The number of rotatable bonds is 0. The number of hydrogen-bond donors (Lipinski definition) is 0. The van der Waals surface area contributed by atoms with Gasteiger partial charge in [0.1, 0.15) is 0 Å². The zero-order valence-electron chi connectivity index (χ0n) is 21.0. The SMILES string of the molecule is CC(C)(C)C=[N-].C[C]1[C](C)[C](C)[C](C)[C]1C.C[C]1[C](C)[C](C)[C](C)[C]1C.[CH3-].[Ti+2]. The van der Waals surface area contributed by atoms with E-state index >= 15 is 0 Å². The van der Waals surface area contributed by atoms with Crippen molar-refractivity contribution in [3.63, 3.8) is 0 Å². The van der Waals surface area contributed by atoms with Crippen LogP contribution in [-0.2, 0) is 21.7 Å². The van der Waals surface area contributed by atoms with Crippen molar-refractivity contribution in [1.29, 1.82) is 0 Å². The molecule has 0 aromatic rings. The van der Waals surface area contributed by atoms with E-state index in [0.717, 1.165) is 0 Å². The molecule has 0 aliphatic heterocycles. The zero-order chi connectivity index (χ0) is 21.0.